The molecule has 1 aromatic heterocycles. The molecule has 1 aliphatic heterocycles. The largest absolute Gasteiger partial charge is 0.356 e. The molecule has 0 saturated carbocycles. The molecule has 6 nitrogen and oxygen atoms in total. The van der Waals surface area contributed by atoms with E-state index in [-0.39, 0.29) is 0 Å². The van der Waals surface area contributed by atoms with Crippen molar-refractivity contribution < 1.29 is 8.42 Å². The lowest BCUT2D eigenvalue weighted by Gasteiger charge is -2.36. The van der Waals surface area contributed by atoms with Crippen molar-refractivity contribution in [3.05, 3.63) is 17.6 Å². The highest BCUT2D eigenvalue weighted by atomic mass is 32.2. The molecule has 0 aromatic carbocycles. The molecular weight excluding hydrogens is 288 g/mol. The van der Waals surface area contributed by atoms with Gasteiger partial charge < -0.3 is 4.90 Å². The number of sulfonamides is 1. The van der Waals surface area contributed by atoms with Crippen molar-refractivity contribution in [1.29, 1.82) is 0 Å². The van der Waals surface area contributed by atoms with Crippen molar-refractivity contribution in [1.82, 2.24) is 14.3 Å². The lowest BCUT2D eigenvalue weighted by molar-refractivity contribution is 0.316. The van der Waals surface area contributed by atoms with Gasteiger partial charge in [0.2, 0.25) is 10.0 Å². The maximum atomic E-state index is 11.6. The zero-order chi connectivity index (χ0) is 15.6. The summed E-state index contributed by atoms with van der Waals surface area (Å²) in [5.41, 5.74) is 1.04. The van der Waals surface area contributed by atoms with Gasteiger partial charge in [-0.2, -0.15) is 0 Å². The Morgan fingerprint density at radius 2 is 1.95 bits per heavy atom. The predicted octanol–water partition coefficient (Wildman–Crippen LogP) is 1.21. The van der Waals surface area contributed by atoms with Crippen molar-refractivity contribution in [3.63, 3.8) is 0 Å². The minimum absolute atomic E-state index is 0.321. The predicted molar refractivity (Wildman–Crippen MR) is 84.0 cm³/mol. The molecule has 0 atom stereocenters. The van der Waals surface area contributed by atoms with E-state index < -0.39 is 10.0 Å². The molecule has 1 fully saturated rings. The van der Waals surface area contributed by atoms with Crippen molar-refractivity contribution in [2.75, 3.05) is 31.3 Å². The van der Waals surface area contributed by atoms with E-state index in [1.54, 1.807) is 4.31 Å². The third-order valence-electron chi connectivity index (χ3n) is 4.04. The number of piperidine rings is 1. The molecule has 1 aromatic rings. The minimum atomic E-state index is -3.07. The first kappa shape index (κ1) is 16.2. The smallest absolute Gasteiger partial charge is 0.211 e. The Morgan fingerprint density at radius 1 is 1.33 bits per heavy atom. The molecule has 0 amide bonds. The van der Waals surface area contributed by atoms with E-state index in [9.17, 15) is 8.42 Å². The van der Waals surface area contributed by atoms with Gasteiger partial charge >= 0.3 is 0 Å². The third-order valence-corrected chi connectivity index (χ3v) is 5.34. The van der Waals surface area contributed by atoms with Gasteiger partial charge in [0.05, 0.1) is 6.26 Å². The number of rotatable bonds is 4. The second kappa shape index (κ2) is 6.27. The summed E-state index contributed by atoms with van der Waals surface area (Å²) in [6.45, 7) is 5.15. The van der Waals surface area contributed by atoms with Crippen LogP contribution in [0.5, 0.6) is 0 Å². The number of aryl methyl sites for hydroxylation is 2. The number of hydrogen-bond acceptors (Lipinski definition) is 5. The normalized spacial score (nSPS) is 17.9. The number of nitrogens with zero attached hydrogens (tertiary/aromatic N) is 4. The van der Waals surface area contributed by atoms with Crippen LogP contribution in [0.25, 0.3) is 0 Å². The molecular formula is C14H24N4O2S. The summed E-state index contributed by atoms with van der Waals surface area (Å²) >= 11 is 0. The van der Waals surface area contributed by atoms with Crippen LogP contribution in [0.15, 0.2) is 6.07 Å². The maximum Gasteiger partial charge on any atom is 0.211 e. The molecule has 2 rings (SSSR count). The Bertz CT molecular complexity index is 595. The number of hydrogen-bond donors (Lipinski definition) is 0. The standard InChI is InChI=1S/C14H24N4O2S/c1-5-12-10-14(16-11(2)15-12)17(3)13-6-8-18(9-7-13)21(4,19)20/h10,13H,5-9H2,1-4H3. The van der Waals surface area contributed by atoms with E-state index in [1.807, 2.05) is 20.0 Å². The van der Waals surface area contributed by atoms with Crippen molar-refractivity contribution in [3.8, 4) is 0 Å². The average molecular weight is 312 g/mol. The number of aromatic nitrogens is 2. The lowest BCUT2D eigenvalue weighted by atomic mass is 10.1. The topological polar surface area (TPSA) is 66.4 Å². The van der Waals surface area contributed by atoms with Crippen molar-refractivity contribution in [2.45, 2.75) is 39.2 Å². The zero-order valence-electron chi connectivity index (χ0n) is 13.2. The Labute approximate surface area is 127 Å². The van der Waals surface area contributed by atoms with Gasteiger partial charge in [0, 0.05) is 37.9 Å². The molecule has 118 valence electrons. The monoisotopic (exact) mass is 312 g/mol. The van der Waals surface area contributed by atoms with Crippen LogP contribution in [0.1, 0.15) is 31.3 Å². The van der Waals surface area contributed by atoms with E-state index in [2.05, 4.69) is 21.8 Å². The van der Waals surface area contributed by atoms with Crippen LogP contribution in [0.3, 0.4) is 0 Å². The fourth-order valence-corrected chi connectivity index (χ4v) is 3.60. The van der Waals surface area contributed by atoms with Gasteiger partial charge in [-0.3, -0.25) is 0 Å². The fraction of sp³-hybridized carbons (Fsp3) is 0.714. The summed E-state index contributed by atoms with van der Waals surface area (Å²) in [6, 6.07) is 2.35. The average Bonchev–Trinajstić information content (AvgIpc) is 2.45. The van der Waals surface area contributed by atoms with Crippen LogP contribution in [-0.4, -0.2) is 55.1 Å². The van der Waals surface area contributed by atoms with Crippen LogP contribution in [0, 0.1) is 6.92 Å². The summed E-state index contributed by atoms with van der Waals surface area (Å²) in [6.07, 6.45) is 3.82. The molecule has 1 aliphatic rings. The highest BCUT2D eigenvalue weighted by molar-refractivity contribution is 7.88. The highest BCUT2D eigenvalue weighted by Gasteiger charge is 2.27. The first-order valence-electron chi connectivity index (χ1n) is 7.33. The van der Waals surface area contributed by atoms with Crippen LogP contribution in [0.4, 0.5) is 5.82 Å². The first-order chi connectivity index (χ1) is 9.81. The van der Waals surface area contributed by atoms with Crippen molar-refractivity contribution >= 4 is 15.8 Å². The summed E-state index contributed by atoms with van der Waals surface area (Å²) in [4.78, 5) is 11.1. The highest BCUT2D eigenvalue weighted by Crippen LogP contribution is 2.22. The second-order valence-electron chi connectivity index (χ2n) is 5.62. The number of anilines is 1. The van der Waals surface area contributed by atoms with E-state index >= 15 is 0 Å². The van der Waals surface area contributed by atoms with E-state index in [1.165, 1.54) is 6.26 Å². The second-order valence-corrected chi connectivity index (χ2v) is 7.60. The molecule has 21 heavy (non-hydrogen) atoms. The molecule has 7 heteroatoms. The van der Waals surface area contributed by atoms with E-state index in [0.29, 0.717) is 19.1 Å². The molecule has 0 spiro atoms. The van der Waals surface area contributed by atoms with Gasteiger partial charge in [0.1, 0.15) is 11.6 Å². The van der Waals surface area contributed by atoms with Gasteiger partial charge in [-0.25, -0.2) is 22.7 Å². The summed E-state index contributed by atoms with van der Waals surface area (Å²) in [5, 5.41) is 0. The van der Waals surface area contributed by atoms with Gasteiger partial charge in [-0.15, -0.1) is 0 Å². The van der Waals surface area contributed by atoms with Gasteiger partial charge in [-0.05, 0) is 26.2 Å². The quantitative estimate of drug-likeness (QED) is 0.836. The third kappa shape index (κ3) is 3.91. The van der Waals surface area contributed by atoms with Crippen LogP contribution in [-0.2, 0) is 16.4 Å². The summed E-state index contributed by atoms with van der Waals surface area (Å²) < 4.78 is 24.7. The van der Waals surface area contributed by atoms with Crippen LogP contribution in [0.2, 0.25) is 0 Å². The fourth-order valence-electron chi connectivity index (χ4n) is 2.72. The molecule has 0 bridgehead atoms. The molecule has 1 saturated heterocycles. The van der Waals surface area contributed by atoms with Gasteiger partial charge in [0.15, 0.2) is 0 Å². The molecule has 0 aliphatic carbocycles. The summed E-state index contributed by atoms with van der Waals surface area (Å²) in [7, 11) is -1.04. The minimum Gasteiger partial charge on any atom is -0.356 e. The van der Waals surface area contributed by atoms with Crippen LogP contribution >= 0.6 is 0 Å². The van der Waals surface area contributed by atoms with Gasteiger partial charge in [-0.1, -0.05) is 6.92 Å². The SMILES string of the molecule is CCc1cc(N(C)C2CCN(S(C)(=O)=O)CC2)nc(C)n1. The molecule has 2 heterocycles. The maximum absolute atomic E-state index is 11.6. The van der Waals surface area contributed by atoms with E-state index in [4.69, 9.17) is 0 Å². The first-order valence-corrected chi connectivity index (χ1v) is 9.18. The molecule has 0 N–H and O–H groups in total. The summed E-state index contributed by atoms with van der Waals surface area (Å²) in [5.74, 6) is 1.71. The zero-order valence-corrected chi connectivity index (χ0v) is 14.0. The molecule has 0 radical (unpaired) electrons. The Morgan fingerprint density at radius 3 is 2.48 bits per heavy atom. The Kier molecular flexibility index (Phi) is 4.83. The molecule has 0 unspecified atom stereocenters. The Balaban J connectivity index is 2.08. The van der Waals surface area contributed by atoms with Crippen molar-refractivity contribution in [2.24, 2.45) is 0 Å². The lowest BCUT2D eigenvalue weighted by Crippen LogP contribution is -2.45. The Hall–Kier alpha value is -1.21. The van der Waals surface area contributed by atoms with E-state index in [0.717, 1.165) is 36.6 Å². The van der Waals surface area contributed by atoms with Gasteiger partial charge in [0.25, 0.3) is 0 Å². The van der Waals surface area contributed by atoms with Crippen LogP contribution < -0.4 is 4.90 Å².